The summed E-state index contributed by atoms with van der Waals surface area (Å²) in [5.41, 5.74) is 0. The van der Waals surface area contributed by atoms with Crippen molar-refractivity contribution in [2.45, 2.75) is 0 Å². The molecule has 0 saturated heterocycles. The first-order chi connectivity index (χ1) is 7.66. The van der Waals surface area contributed by atoms with E-state index in [-0.39, 0.29) is 16.5 Å². The Morgan fingerprint density at radius 3 is 2.88 bits per heavy atom. The average molecular weight is 239 g/mol. The van der Waals surface area contributed by atoms with Crippen molar-refractivity contribution in [3.05, 3.63) is 51.6 Å². The Hall–Kier alpha value is -1.95. The summed E-state index contributed by atoms with van der Waals surface area (Å²) in [5, 5.41) is 12.1. The van der Waals surface area contributed by atoms with Gasteiger partial charge in [0.05, 0.1) is 4.92 Å². The maximum absolute atomic E-state index is 12.8. The molecule has 0 amide bonds. The molecule has 0 bridgehead atoms. The second-order valence-corrected chi connectivity index (χ2v) is 3.80. The van der Waals surface area contributed by atoms with Crippen molar-refractivity contribution in [1.29, 1.82) is 0 Å². The molecule has 1 aromatic carbocycles. The van der Waals surface area contributed by atoms with E-state index in [0.29, 0.717) is 0 Å². The summed E-state index contributed by atoms with van der Waals surface area (Å²) in [6.07, 6.45) is 0. The SMILES string of the molecule is O=[N+]([O-])c1sccc1Oc1cccc(F)c1. The van der Waals surface area contributed by atoms with Crippen LogP contribution in [0, 0.1) is 15.9 Å². The Labute approximate surface area is 94.1 Å². The fourth-order valence-corrected chi connectivity index (χ4v) is 1.79. The molecule has 0 aliphatic heterocycles. The molecule has 2 rings (SSSR count). The van der Waals surface area contributed by atoms with Gasteiger partial charge in [-0.05, 0) is 18.2 Å². The number of benzene rings is 1. The van der Waals surface area contributed by atoms with Crippen molar-refractivity contribution in [3.8, 4) is 11.5 Å². The van der Waals surface area contributed by atoms with Gasteiger partial charge in [-0.3, -0.25) is 10.1 Å². The van der Waals surface area contributed by atoms with E-state index in [4.69, 9.17) is 4.74 Å². The largest absolute Gasteiger partial charge is 0.449 e. The van der Waals surface area contributed by atoms with Crippen molar-refractivity contribution in [3.63, 3.8) is 0 Å². The van der Waals surface area contributed by atoms with Crippen LogP contribution in [0.5, 0.6) is 11.5 Å². The van der Waals surface area contributed by atoms with E-state index in [1.54, 1.807) is 5.38 Å². The van der Waals surface area contributed by atoms with Gasteiger partial charge in [-0.15, -0.1) is 0 Å². The van der Waals surface area contributed by atoms with Gasteiger partial charge in [0.2, 0.25) is 5.75 Å². The lowest BCUT2D eigenvalue weighted by atomic mass is 10.3. The van der Waals surface area contributed by atoms with Crippen molar-refractivity contribution in [1.82, 2.24) is 0 Å². The highest BCUT2D eigenvalue weighted by atomic mass is 32.1. The monoisotopic (exact) mass is 239 g/mol. The highest BCUT2D eigenvalue weighted by Crippen LogP contribution is 2.36. The third-order valence-electron chi connectivity index (χ3n) is 1.80. The molecule has 0 radical (unpaired) electrons. The highest BCUT2D eigenvalue weighted by molar-refractivity contribution is 7.13. The number of halogens is 1. The van der Waals surface area contributed by atoms with Gasteiger partial charge in [0.15, 0.2) is 0 Å². The Kier molecular flexibility index (Phi) is 2.82. The molecule has 16 heavy (non-hydrogen) atoms. The Balaban J connectivity index is 2.27. The van der Waals surface area contributed by atoms with E-state index in [0.717, 1.165) is 11.3 Å². The third-order valence-corrected chi connectivity index (χ3v) is 2.65. The zero-order chi connectivity index (χ0) is 11.5. The smallest absolute Gasteiger partial charge is 0.366 e. The third kappa shape index (κ3) is 2.17. The van der Waals surface area contributed by atoms with Crippen LogP contribution in [0.3, 0.4) is 0 Å². The second-order valence-electron chi connectivity index (χ2n) is 2.91. The average Bonchev–Trinajstić information content (AvgIpc) is 2.66. The van der Waals surface area contributed by atoms with Gasteiger partial charge in [-0.1, -0.05) is 17.4 Å². The van der Waals surface area contributed by atoms with Gasteiger partial charge < -0.3 is 4.74 Å². The van der Waals surface area contributed by atoms with Crippen LogP contribution in [0.15, 0.2) is 35.7 Å². The van der Waals surface area contributed by atoms with Crippen LogP contribution in [-0.2, 0) is 0 Å². The lowest BCUT2D eigenvalue weighted by Gasteiger charge is -2.02. The lowest BCUT2D eigenvalue weighted by Crippen LogP contribution is -1.89. The maximum atomic E-state index is 12.8. The van der Waals surface area contributed by atoms with E-state index in [9.17, 15) is 14.5 Å². The molecule has 4 nitrogen and oxygen atoms in total. The minimum absolute atomic E-state index is 0.0933. The molecule has 0 fully saturated rings. The summed E-state index contributed by atoms with van der Waals surface area (Å²) in [6.45, 7) is 0. The molecule has 0 aliphatic rings. The number of thiophene rings is 1. The van der Waals surface area contributed by atoms with Gasteiger partial charge in [0, 0.05) is 11.4 Å². The topological polar surface area (TPSA) is 52.4 Å². The number of nitrogens with zero attached hydrogens (tertiary/aromatic N) is 1. The van der Waals surface area contributed by atoms with Crippen LogP contribution in [0.1, 0.15) is 0 Å². The van der Waals surface area contributed by atoms with Gasteiger partial charge >= 0.3 is 5.00 Å². The fourth-order valence-electron chi connectivity index (χ4n) is 1.16. The normalized spacial score (nSPS) is 10.1. The Bertz CT molecular complexity index is 526. The van der Waals surface area contributed by atoms with E-state index in [1.165, 1.54) is 30.3 Å². The minimum Gasteiger partial charge on any atom is -0.449 e. The molecule has 0 N–H and O–H groups in total. The molecule has 0 spiro atoms. The molecule has 2 aromatic rings. The number of hydrogen-bond donors (Lipinski definition) is 0. The molecule has 6 heteroatoms. The molecule has 0 saturated carbocycles. The lowest BCUT2D eigenvalue weighted by molar-refractivity contribution is -0.380. The first-order valence-electron chi connectivity index (χ1n) is 4.32. The molecule has 0 aliphatic carbocycles. The number of rotatable bonds is 3. The van der Waals surface area contributed by atoms with Gasteiger partial charge in [0.1, 0.15) is 11.6 Å². The van der Waals surface area contributed by atoms with E-state index >= 15 is 0 Å². The minimum atomic E-state index is -0.528. The van der Waals surface area contributed by atoms with Crippen molar-refractivity contribution >= 4 is 16.3 Å². The summed E-state index contributed by atoms with van der Waals surface area (Å²) in [6, 6.07) is 6.93. The predicted octanol–water partition coefficient (Wildman–Crippen LogP) is 3.59. The van der Waals surface area contributed by atoms with Gasteiger partial charge in [-0.2, -0.15) is 0 Å². The molecule has 1 aromatic heterocycles. The van der Waals surface area contributed by atoms with E-state index in [1.807, 2.05) is 0 Å². The van der Waals surface area contributed by atoms with Gasteiger partial charge in [0.25, 0.3) is 0 Å². The standard InChI is InChI=1S/C10H6FNO3S/c11-7-2-1-3-8(6-7)15-9-4-5-16-10(9)12(13)14/h1-6H. The summed E-state index contributed by atoms with van der Waals surface area (Å²) in [7, 11) is 0. The van der Waals surface area contributed by atoms with Crippen molar-refractivity contribution in [2.75, 3.05) is 0 Å². The highest BCUT2D eigenvalue weighted by Gasteiger charge is 2.17. The first kappa shape index (κ1) is 10.6. The summed E-state index contributed by atoms with van der Waals surface area (Å²) < 4.78 is 18.1. The zero-order valence-corrected chi connectivity index (χ0v) is 8.74. The Morgan fingerprint density at radius 1 is 1.38 bits per heavy atom. The van der Waals surface area contributed by atoms with Crippen LogP contribution in [0.4, 0.5) is 9.39 Å². The molecular weight excluding hydrogens is 233 g/mol. The second kappa shape index (κ2) is 4.28. The maximum Gasteiger partial charge on any atom is 0.366 e. The first-order valence-corrected chi connectivity index (χ1v) is 5.20. The molecule has 82 valence electrons. The van der Waals surface area contributed by atoms with Crippen LogP contribution < -0.4 is 4.74 Å². The fraction of sp³-hybridized carbons (Fsp3) is 0. The summed E-state index contributed by atoms with van der Waals surface area (Å²) in [5.74, 6) is -0.0857. The number of ether oxygens (including phenoxy) is 1. The van der Waals surface area contributed by atoms with Crippen molar-refractivity contribution < 1.29 is 14.1 Å². The number of nitro groups is 1. The molecule has 0 unspecified atom stereocenters. The van der Waals surface area contributed by atoms with Crippen LogP contribution >= 0.6 is 11.3 Å². The van der Waals surface area contributed by atoms with E-state index < -0.39 is 10.7 Å². The van der Waals surface area contributed by atoms with Crippen LogP contribution in [0.25, 0.3) is 0 Å². The molecule has 0 atom stereocenters. The number of hydrogen-bond acceptors (Lipinski definition) is 4. The predicted molar refractivity (Wildman–Crippen MR) is 57.4 cm³/mol. The summed E-state index contributed by atoms with van der Waals surface area (Å²) >= 11 is 0.963. The summed E-state index contributed by atoms with van der Waals surface area (Å²) in [4.78, 5) is 10.1. The van der Waals surface area contributed by atoms with Gasteiger partial charge in [-0.25, -0.2) is 4.39 Å². The Morgan fingerprint density at radius 2 is 2.19 bits per heavy atom. The molecule has 1 heterocycles. The molecular formula is C10H6FNO3S. The van der Waals surface area contributed by atoms with Crippen molar-refractivity contribution in [2.24, 2.45) is 0 Å². The van der Waals surface area contributed by atoms with E-state index in [2.05, 4.69) is 0 Å². The zero-order valence-electron chi connectivity index (χ0n) is 7.92. The van der Waals surface area contributed by atoms with Crippen LogP contribution in [-0.4, -0.2) is 4.92 Å². The van der Waals surface area contributed by atoms with Crippen LogP contribution in [0.2, 0.25) is 0 Å². The quantitative estimate of drug-likeness (QED) is 0.607.